The van der Waals surface area contributed by atoms with Crippen molar-refractivity contribution in [2.24, 2.45) is 0 Å². The summed E-state index contributed by atoms with van der Waals surface area (Å²) >= 11 is 0. The lowest BCUT2D eigenvalue weighted by atomic mass is 10.1. The van der Waals surface area contributed by atoms with Gasteiger partial charge in [-0.1, -0.05) is 12.1 Å². The Bertz CT molecular complexity index is 876. The maximum atomic E-state index is 12.9. The van der Waals surface area contributed by atoms with Gasteiger partial charge >= 0.3 is 0 Å². The smallest absolute Gasteiger partial charge is 0.257 e. The van der Waals surface area contributed by atoms with Gasteiger partial charge < -0.3 is 24.6 Å². The van der Waals surface area contributed by atoms with Gasteiger partial charge in [-0.15, -0.1) is 0 Å². The second-order valence-corrected chi connectivity index (χ2v) is 6.94. The number of rotatable bonds is 4. The number of nitrogens with zero attached hydrogens (tertiary/aromatic N) is 3. The molecule has 1 N–H and O–H groups in total. The molecule has 0 unspecified atom stereocenters. The molecule has 2 aromatic rings. The molecule has 29 heavy (non-hydrogen) atoms. The van der Waals surface area contributed by atoms with Crippen LogP contribution < -0.4 is 10.2 Å². The van der Waals surface area contributed by atoms with E-state index in [1.54, 1.807) is 11.0 Å². The van der Waals surface area contributed by atoms with Crippen LogP contribution in [-0.4, -0.2) is 74.3 Å². The fraction of sp³-hybridized carbons (Fsp3) is 0.381. The minimum atomic E-state index is -0.296. The SMILES string of the molecule is O=C(Nc1ccccc1N1CCOCC1)c1cncc(C(=O)N2CCOCC2)c1. The Morgan fingerprint density at radius 1 is 0.897 bits per heavy atom. The van der Waals surface area contributed by atoms with Crippen LogP contribution in [0.1, 0.15) is 20.7 Å². The highest BCUT2D eigenvalue weighted by Crippen LogP contribution is 2.27. The summed E-state index contributed by atoms with van der Waals surface area (Å²) in [6.45, 7) is 5.02. The molecule has 8 nitrogen and oxygen atoms in total. The lowest BCUT2D eigenvalue weighted by molar-refractivity contribution is 0.0302. The van der Waals surface area contributed by atoms with Gasteiger partial charge in [0.15, 0.2) is 0 Å². The van der Waals surface area contributed by atoms with E-state index in [1.807, 2.05) is 24.3 Å². The summed E-state index contributed by atoms with van der Waals surface area (Å²) in [4.78, 5) is 33.6. The normalized spacial score (nSPS) is 17.1. The first-order valence-corrected chi connectivity index (χ1v) is 9.77. The zero-order valence-electron chi connectivity index (χ0n) is 16.2. The van der Waals surface area contributed by atoms with Gasteiger partial charge in [0.2, 0.25) is 0 Å². The van der Waals surface area contributed by atoms with Crippen LogP contribution in [-0.2, 0) is 9.47 Å². The standard InChI is InChI=1S/C21H24N4O4/c26-20(23-18-3-1-2-4-19(18)24-5-9-28-10-6-24)16-13-17(15-22-14-16)21(27)25-7-11-29-12-8-25/h1-4,13-15H,5-12H2,(H,23,26). The highest BCUT2D eigenvalue weighted by molar-refractivity contribution is 6.07. The highest BCUT2D eigenvalue weighted by Gasteiger charge is 2.21. The van der Waals surface area contributed by atoms with Gasteiger partial charge in [-0.3, -0.25) is 14.6 Å². The number of amides is 2. The van der Waals surface area contributed by atoms with Crippen molar-refractivity contribution in [1.82, 2.24) is 9.88 Å². The number of benzene rings is 1. The number of aromatic nitrogens is 1. The highest BCUT2D eigenvalue weighted by atomic mass is 16.5. The Morgan fingerprint density at radius 3 is 2.31 bits per heavy atom. The number of morpholine rings is 2. The molecule has 0 saturated carbocycles. The molecule has 8 heteroatoms. The molecule has 0 bridgehead atoms. The van der Waals surface area contributed by atoms with E-state index in [-0.39, 0.29) is 11.8 Å². The molecule has 3 heterocycles. The van der Waals surface area contributed by atoms with Crippen LogP contribution in [0.4, 0.5) is 11.4 Å². The van der Waals surface area contributed by atoms with Crippen molar-refractivity contribution >= 4 is 23.2 Å². The summed E-state index contributed by atoms with van der Waals surface area (Å²) in [6.07, 6.45) is 2.97. The third-order valence-electron chi connectivity index (χ3n) is 5.05. The van der Waals surface area contributed by atoms with Gasteiger partial charge in [0.05, 0.1) is 48.9 Å². The van der Waals surface area contributed by atoms with Crippen LogP contribution >= 0.6 is 0 Å². The van der Waals surface area contributed by atoms with E-state index >= 15 is 0 Å². The van der Waals surface area contributed by atoms with E-state index in [2.05, 4.69) is 15.2 Å². The first kappa shape index (κ1) is 19.4. The fourth-order valence-electron chi connectivity index (χ4n) is 3.48. The minimum absolute atomic E-state index is 0.135. The molecule has 2 fully saturated rings. The monoisotopic (exact) mass is 396 g/mol. The molecule has 0 radical (unpaired) electrons. The van der Waals surface area contributed by atoms with E-state index < -0.39 is 0 Å². The van der Waals surface area contributed by atoms with E-state index in [9.17, 15) is 9.59 Å². The number of hydrogen-bond donors (Lipinski definition) is 1. The molecule has 2 amide bonds. The van der Waals surface area contributed by atoms with Crippen LogP contribution in [0.3, 0.4) is 0 Å². The van der Waals surface area contributed by atoms with E-state index in [0.717, 1.165) is 24.5 Å². The Balaban J connectivity index is 1.50. The van der Waals surface area contributed by atoms with Gasteiger partial charge in [-0.2, -0.15) is 0 Å². The van der Waals surface area contributed by atoms with Crippen LogP contribution in [0.15, 0.2) is 42.7 Å². The van der Waals surface area contributed by atoms with E-state index in [1.165, 1.54) is 12.4 Å². The second-order valence-electron chi connectivity index (χ2n) is 6.94. The number of hydrogen-bond acceptors (Lipinski definition) is 6. The summed E-state index contributed by atoms with van der Waals surface area (Å²) in [5.74, 6) is -0.431. The first-order chi connectivity index (χ1) is 14.2. The molecule has 2 aliphatic heterocycles. The van der Waals surface area contributed by atoms with Crippen LogP contribution in [0.25, 0.3) is 0 Å². The Kier molecular flexibility index (Phi) is 6.02. The molecule has 0 aliphatic carbocycles. The maximum Gasteiger partial charge on any atom is 0.257 e. The third-order valence-corrected chi connectivity index (χ3v) is 5.05. The number of carbonyl (C=O) groups excluding carboxylic acids is 2. The zero-order valence-corrected chi connectivity index (χ0v) is 16.2. The van der Waals surface area contributed by atoms with Gasteiger partial charge in [0.25, 0.3) is 11.8 Å². The second kappa shape index (κ2) is 9.02. The van der Waals surface area contributed by atoms with Crippen molar-refractivity contribution in [2.45, 2.75) is 0 Å². The predicted octanol–water partition coefficient (Wildman–Crippen LogP) is 1.64. The van der Waals surface area contributed by atoms with Crippen molar-refractivity contribution in [1.29, 1.82) is 0 Å². The lowest BCUT2D eigenvalue weighted by Crippen LogP contribution is -2.40. The van der Waals surface area contributed by atoms with E-state index in [0.29, 0.717) is 50.6 Å². The number of pyridine rings is 1. The molecule has 1 aromatic heterocycles. The largest absolute Gasteiger partial charge is 0.378 e. The van der Waals surface area contributed by atoms with Crippen LogP contribution in [0, 0.1) is 0 Å². The molecule has 1 aromatic carbocycles. The van der Waals surface area contributed by atoms with Gasteiger partial charge in [-0.25, -0.2) is 0 Å². The Hall–Kier alpha value is -2.97. The molecule has 0 spiro atoms. The molecule has 2 saturated heterocycles. The lowest BCUT2D eigenvalue weighted by Gasteiger charge is -2.30. The van der Waals surface area contributed by atoms with Gasteiger partial charge in [-0.05, 0) is 18.2 Å². The van der Waals surface area contributed by atoms with Gasteiger partial charge in [0.1, 0.15) is 0 Å². The number of nitrogens with one attached hydrogen (secondary N) is 1. The predicted molar refractivity (Wildman–Crippen MR) is 108 cm³/mol. The van der Waals surface area contributed by atoms with Crippen LogP contribution in [0.2, 0.25) is 0 Å². The number of carbonyl (C=O) groups is 2. The minimum Gasteiger partial charge on any atom is -0.378 e. The third kappa shape index (κ3) is 4.55. The average Bonchev–Trinajstić information content (AvgIpc) is 2.80. The summed E-state index contributed by atoms with van der Waals surface area (Å²) in [5, 5.41) is 2.96. The molecule has 4 rings (SSSR count). The maximum absolute atomic E-state index is 12.9. The van der Waals surface area contributed by atoms with Crippen LogP contribution in [0.5, 0.6) is 0 Å². The topological polar surface area (TPSA) is 84.0 Å². The molecular formula is C21H24N4O4. The number of para-hydroxylation sites is 2. The molecule has 2 aliphatic rings. The molecule has 0 atom stereocenters. The van der Waals surface area contributed by atoms with Gasteiger partial charge in [0, 0.05) is 38.6 Å². The Morgan fingerprint density at radius 2 is 1.55 bits per heavy atom. The van der Waals surface area contributed by atoms with Crippen molar-refractivity contribution in [3.05, 3.63) is 53.9 Å². The van der Waals surface area contributed by atoms with Crippen molar-refractivity contribution in [2.75, 3.05) is 62.8 Å². The quantitative estimate of drug-likeness (QED) is 0.846. The number of ether oxygens (including phenoxy) is 2. The molecule has 152 valence electrons. The summed E-state index contributed by atoms with van der Waals surface area (Å²) in [7, 11) is 0. The zero-order chi connectivity index (χ0) is 20.1. The first-order valence-electron chi connectivity index (χ1n) is 9.77. The summed E-state index contributed by atoms with van der Waals surface area (Å²) in [6, 6.07) is 9.29. The van der Waals surface area contributed by atoms with Crippen molar-refractivity contribution in [3.63, 3.8) is 0 Å². The summed E-state index contributed by atoms with van der Waals surface area (Å²) in [5.41, 5.74) is 2.43. The van der Waals surface area contributed by atoms with Crippen molar-refractivity contribution < 1.29 is 19.1 Å². The average molecular weight is 396 g/mol. The van der Waals surface area contributed by atoms with E-state index in [4.69, 9.17) is 9.47 Å². The summed E-state index contributed by atoms with van der Waals surface area (Å²) < 4.78 is 10.7. The molecular weight excluding hydrogens is 372 g/mol. The fourth-order valence-corrected chi connectivity index (χ4v) is 3.48. The Labute approximate surface area is 169 Å². The van der Waals surface area contributed by atoms with Crippen molar-refractivity contribution in [3.8, 4) is 0 Å². The number of anilines is 2.